The molecule has 1 aliphatic heterocycles. The van der Waals surface area contributed by atoms with Crippen LogP contribution in [0.4, 0.5) is 0 Å². The van der Waals surface area contributed by atoms with Crippen molar-refractivity contribution < 1.29 is 57.8 Å². The molecule has 0 bridgehead atoms. The van der Waals surface area contributed by atoms with E-state index < -0.39 is 20.5 Å². The van der Waals surface area contributed by atoms with Gasteiger partial charge >= 0.3 is 0 Å². The summed E-state index contributed by atoms with van der Waals surface area (Å²) in [6.45, 7) is 16.7. The maximum atomic E-state index is 8.60. The van der Waals surface area contributed by atoms with Crippen molar-refractivity contribution in [2.75, 3.05) is 26.2 Å². The predicted molar refractivity (Wildman–Crippen MR) is 93.8 cm³/mol. The number of rotatable bonds is 0. The van der Waals surface area contributed by atoms with Crippen LogP contribution in [0.1, 0.15) is 54.4 Å². The Bertz CT molecular complexity index is 486. The van der Waals surface area contributed by atoms with Crippen LogP contribution in [0.25, 0.3) is 0 Å². The summed E-state index contributed by atoms with van der Waals surface area (Å²) in [6, 6.07) is 0. The summed E-state index contributed by atoms with van der Waals surface area (Å²) in [7, 11) is -9.39. The van der Waals surface area contributed by atoms with Crippen molar-refractivity contribution in [1.82, 2.24) is 10.6 Å². The van der Waals surface area contributed by atoms with E-state index in [-0.39, 0.29) is 11.1 Å². The highest BCUT2D eigenvalue weighted by atomic mass is 35.7. The molecule has 0 saturated carbocycles. The Kier molecular flexibility index (Phi) is 14.6. The summed E-state index contributed by atoms with van der Waals surface area (Å²) in [6.07, 6.45) is 1.97. The van der Waals surface area contributed by atoms with Crippen molar-refractivity contribution >= 4 is 11.4 Å². The fourth-order valence-corrected chi connectivity index (χ4v) is 2.80. The fraction of sp³-hybridized carbons (Fsp3) is 0.875. The lowest BCUT2D eigenvalue weighted by Gasteiger charge is -2.28. The Hall–Kier alpha value is -0.480. The van der Waals surface area contributed by atoms with Crippen LogP contribution in [0.2, 0.25) is 0 Å². The van der Waals surface area contributed by atoms with Gasteiger partial charge in [-0.2, -0.15) is 28.0 Å². The molecular weight excluding hydrogens is 447 g/mol. The molecule has 0 unspecified atom stereocenters. The highest BCUT2D eigenvalue weighted by molar-refractivity contribution is 5.83. The minimum atomic E-state index is -4.69. The van der Waals surface area contributed by atoms with Crippen molar-refractivity contribution in [1.29, 1.82) is 0 Å². The van der Waals surface area contributed by atoms with Crippen LogP contribution in [0, 0.1) is 20.5 Å². The van der Waals surface area contributed by atoms with Gasteiger partial charge in [0.25, 0.3) is 0 Å². The average Bonchev–Trinajstić information content (AvgIpc) is 2.43. The third kappa shape index (κ3) is 29.7. The van der Waals surface area contributed by atoms with Gasteiger partial charge in [0.1, 0.15) is 0 Å². The molecule has 0 spiro atoms. The van der Waals surface area contributed by atoms with Crippen LogP contribution in [0.3, 0.4) is 0 Å². The number of halogens is 2. The molecular formula is C16H34Cl2N4O8. The lowest BCUT2D eigenvalue weighted by molar-refractivity contribution is -1.92. The first-order valence-electron chi connectivity index (χ1n) is 8.96. The molecule has 0 atom stereocenters. The lowest BCUT2D eigenvalue weighted by atomic mass is 9.97. The molecule has 180 valence electrons. The summed E-state index contributed by atoms with van der Waals surface area (Å²) in [5.74, 6) is 0. The zero-order valence-corrected chi connectivity index (χ0v) is 19.7. The highest BCUT2D eigenvalue weighted by Gasteiger charge is 2.20. The molecule has 1 rings (SSSR count). The van der Waals surface area contributed by atoms with Crippen molar-refractivity contribution in [3.63, 3.8) is 0 Å². The van der Waals surface area contributed by atoms with Gasteiger partial charge in [-0.05, 0) is 41.5 Å². The molecule has 1 aliphatic rings. The standard InChI is InChI=1S/C16H32N4.2ClHO4/c1-13-11-15(3,4)19-10-8-18-14(2)12-16(5,6)20-9-7-17-13;2*2-1(3,4)5/h19-20H,7-12H2,1-6H3;2*(H,2,3,4,5). The molecule has 1 heterocycles. The van der Waals surface area contributed by atoms with Gasteiger partial charge in [0, 0.05) is 48.4 Å². The second-order valence-corrected chi connectivity index (χ2v) is 9.58. The zero-order valence-electron chi connectivity index (χ0n) is 18.2. The molecule has 30 heavy (non-hydrogen) atoms. The van der Waals surface area contributed by atoms with Gasteiger partial charge in [-0.15, -0.1) is 0 Å². The first kappa shape index (κ1) is 31.7. The number of hydrogen-bond donors (Lipinski definition) is 4. The van der Waals surface area contributed by atoms with Crippen LogP contribution in [0.15, 0.2) is 9.98 Å². The summed E-state index contributed by atoms with van der Waals surface area (Å²) >= 11 is 0. The van der Waals surface area contributed by atoms with Gasteiger partial charge in [-0.3, -0.25) is 9.98 Å². The molecule has 0 radical (unpaired) electrons. The Morgan fingerprint density at radius 2 is 0.933 bits per heavy atom. The van der Waals surface area contributed by atoms with Gasteiger partial charge < -0.3 is 10.6 Å². The topological polar surface area (TPSA) is 228 Å². The third-order valence-electron chi connectivity index (χ3n) is 3.59. The van der Waals surface area contributed by atoms with E-state index in [1.54, 1.807) is 0 Å². The van der Waals surface area contributed by atoms with Crippen LogP contribution in [-0.4, -0.2) is 58.0 Å². The Balaban J connectivity index is 0. The minimum Gasteiger partial charge on any atom is -0.310 e. The quantitative estimate of drug-likeness (QED) is 0.256. The Morgan fingerprint density at radius 3 is 1.17 bits per heavy atom. The maximum absolute atomic E-state index is 8.60. The molecule has 0 fully saturated rings. The predicted octanol–water partition coefficient (Wildman–Crippen LogP) is -5.81. The van der Waals surface area contributed by atoms with E-state index in [1.807, 2.05) is 0 Å². The minimum absolute atomic E-state index is 0.0911. The van der Waals surface area contributed by atoms with Gasteiger partial charge in [-0.1, -0.05) is 0 Å². The van der Waals surface area contributed by atoms with Crippen molar-refractivity contribution in [2.45, 2.75) is 65.5 Å². The summed E-state index contributed by atoms with van der Waals surface area (Å²) in [4.78, 5) is 9.35. The van der Waals surface area contributed by atoms with E-state index in [4.69, 9.17) is 37.3 Å². The molecule has 4 N–H and O–H groups in total. The maximum Gasteiger partial charge on any atom is 0.0777 e. The van der Waals surface area contributed by atoms with Gasteiger partial charge in [0.15, 0.2) is 0 Å². The lowest BCUT2D eigenvalue weighted by Crippen LogP contribution is -2.58. The second-order valence-electron chi connectivity index (χ2n) is 8.00. The second kappa shape index (κ2) is 13.8. The van der Waals surface area contributed by atoms with Gasteiger partial charge in [0.2, 0.25) is 0 Å². The number of aliphatic imine (C=N–C) groups is 2. The van der Waals surface area contributed by atoms with Crippen LogP contribution < -0.4 is 38.6 Å². The first-order chi connectivity index (χ1) is 13.2. The molecule has 0 aliphatic carbocycles. The van der Waals surface area contributed by atoms with E-state index in [9.17, 15) is 0 Å². The van der Waals surface area contributed by atoms with E-state index in [0.29, 0.717) is 0 Å². The molecule has 0 amide bonds. The normalized spacial score (nSPS) is 20.9. The van der Waals surface area contributed by atoms with Crippen LogP contribution >= 0.6 is 0 Å². The number of hydrogen-bond acceptors (Lipinski definition) is 12. The molecule has 0 aromatic carbocycles. The molecule has 0 aromatic rings. The van der Waals surface area contributed by atoms with Crippen LogP contribution in [-0.2, 0) is 0 Å². The van der Waals surface area contributed by atoms with Gasteiger partial charge in [-0.25, -0.2) is 0 Å². The molecule has 0 saturated heterocycles. The first-order valence-corrected chi connectivity index (χ1v) is 11.5. The van der Waals surface area contributed by atoms with Crippen molar-refractivity contribution in [2.24, 2.45) is 9.98 Å². The molecule has 0 aromatic heterocycles. The summed E-state index contributed by atoms with van der Waals surface area (Å²) < 4.78 is 65.4. The SMILES string of the molecule is CC1=NCCNC(C)(C)CC(C)=NCCNC(C)(C)C1.[O-][Cl+3]([O-])([O-])O.[O-][Cl+3]([O-])([O-])O. The largest absolute Gasteiger partial charge is 0.310 e. The molecule has 14 heteroatoms. The summed E-state index contributed by atoms with van der Waals surface area (Å²) in [5.41, 5.74) is 2.62. The Morgan fingerprint density at radius 1 is 0.700 bits per heavy atom. The fourth-order valence-electron chi connectivity index (χ4n) is 2.80. The number of nitrogens with zero attached hydrogens (tertiary/aromatic N) is 2. The monoisotopic (exact) mass is 480 g/mol. The van der Waals surface area contributed by atoms with Crippen molar-refractivity contribution in [3.05, 3.63) is 0 Å². The van der Waals surface area contributed by atoms with Crippen LogP contribution in [0.5, 0.6) is 0 Å². The average molecular weight is 481 g/mol. The Labute approximate surface area is 181 Å². The van der Waals surface area contributed by atoms with Gasteiger partial charge in [0.05, 0.1) is 42.9 Å². The smallest absolute Gasteiger partial charge is 0.0777 e. The third-order valence-corrected chi connectivity index (χ3v) is 3.59. The summed E-state index contributed by atoms with van der Waals surface area (Å²) in [5, 5.41) is 7.16. The van der Waals surface area contributed by atoms with Crippen molar-refractivity contribution in [3.8, 4) is 0 Å². The highest BCUT2D eigenvalue weighted by Crippen LogP contribution is 2.11. The molecule has 12 nitrogen and oxygen atoms in total. The van der Waals surface area contributed by atoms with E-state index in [1.165, 1.54) is 11.4 Å². The number of nitrogens with one attached hydrogen (secondary N) is 2. The van der Waals surface area contributed by atoms with E-state index in [2.05, 4.69) is 62.2 Å². The zero-order chi connectivity index (χ0) is 24.2. The van der Waals surface area contributed by atoms with E-state index >= 15 is 0 Å². The van der Waals surface area contributed by atoms with E-state index in [0.717, 1.165) is 39.0 Å².